The minimum absolute atomic E-state index is 0.258. The lowest BCUT2D eigenvalue weighted by Gasteiger charge is -2.14. The van der Waals surface area contributed by atoms with Gasteiger partial charge in [0.25, 0.3) is 0 Å². The molecule has 2 N–H and O–H groups in total. The highest BCUT2D eigenvalue weighted by Gasteiger charge is 2.06. The Hall–Kier alpha value is -2.60. The van der Waals surface area contributed by atoms with Crippen molar-refractivity contribution in [1.29, 1.82) is 0 Å². The molecule has 0 aliphatic rings. The molecule has 3 nitrogen and oxygen atoms in total. The van der Waals surface area contributed by atoms with E-state index in [0.717, 1.165) is 28.1 Å². The smallest absolute Gasteiger partial charge is 0.148 e. The molecule has 0 radical (unpaired) electrons. The van der Waals surface area contributed by atoms with E-state index in [1.807, 2.05) is 44.2 Å². The third-order valence-corrected chi connectivity index (χ3v) is 3.30. The largest absolute Gasteiger partial charge is 0.508 e. The minimum Gasteiger partial charge on any atom is -0.508 e. The zero-order valence-electron chi connectivity index (χ0n) is 12.3. The summed E-state index contributed by atoms with van der Waals surface area (Å²) < 4.78 is 5.53. The average molecular weight is 281 g/mol. The molecule has 21 heavy (non-hydrogen) atoms. The number of hydrogen-bond donors (Lipinski definition) is 2. The van der Waals surface area contributed by atoms with Gasteiger partial charge in [0.2, 0.25) is 0 Å². The van der Waals surface area contributed by atoms with Crippen LogP contribution in [-0.4, -0.2) is 11.7 Å². The summed E-state index contributed by atoms with van der Waals surface area (Å²) in [6.45, 7) is 4.73. The Labute approximate surface area is 125 Å². The summed E-state index contributed by atoms with van der Waals surface area (Å²) >= 11 is 0. The summed E-state index contributed by atoms with van der Waals surface area (Å²) in [5.74, 6) is 3.57. The van der Waals surface area contributed by atoms with E-state index in [2.05, 4.69) is 11.2 Å². The van der Waals surface area contributed by atoms with Gasteiger partial charge >= 0.3 is 0 Å². The zero-order chi connectivity index (χ0) is 15.2. The summed E-state index contributed by atoms with van der Waals surface area (Å²) in [6.07, 6.45) is 5.23. The summed E-state index contributed by atoms with van der Waals surface area (Å²) in [5, 5.41) is 13.1. The van der Waals surface area contributed by atoms with E-state index in [1.54, 1.807) is 6.07 Å². The van der Waals surface area contributed by atoms with Gasteiger partial charge in [-0.2, -0.15) is 0 Å². The monoisotopic (exact) mass is 281 g/mol. The third kappa shape index (κ3) is 3.70. The molecule has 0 atom stereocenters. The van der Waals surface area contributed by atoms with E-state index >= 15 is 0 Å². The summed E-state index contributed by atoms with van der Waals surface area (Å²) in [4.78, 5) is 0. The van der Waals surface area contributed by atoms with E-state index < -0.39 is 0 Å². The molecule has 0 saturated carbocycles. The number of benzene rings is 2. The lowest BCUT2D eigenvalue weighted by Crippen LogP contribution is -2.04. The number of phenolic OH excluding ortho intramolecular Hbond substituents is 1. The fraction of sp³-hybridized carbons (Fsp3) is 0.222. The van der Waals surface area contributed by atoms with Crippen LogP contribution in [0.2, 0.25) is 0 Å². The average Bonchev–Trinajstić information content (AvgIpc) is 2.48. The first kappa shape index (κ1) is 14.8. The molecule has 0 aliphatic heterocycles. The molecule has 0 heterocycles. The number of aromatic hydroxyl groups is 1. The molecule has 0 aromatic heterocycles. The molecule has 0 unspecified atom stereocenters. The predicted octanol–water partition coefficient (Wildman–Crippen LogP) is 3.63. The lowest BCUT2D eigenvalue weighted by molar-refractivity contribution is 0.366. The van der Waals surface area contributed by atoms with Gasteiger partial charge in [0.15, 0.2) is 0 Å². The highest BCUT2D eigenvalue weighted by atomic mass is 16.5. The van der Waals surface area contributed by atoms with Crippen LogP contribution in [0.5, 0.6) is 11.5 Å². The van der Waals surface area contributed by atoms with Crippen LogP contribution in [0.15, 0.2) is 36.4 Å². The minimum atomic E-state index is 0.258. The van der Waals surface area contributed by atoms with Crippen LogP contribution in [0.4, 0.5) is 5.69 Å². The molecule has 2 aromatic carbocycles. The zero-order valence-corrected chi connectivity index (χ0v) is 12.3. The summed E-state index contributed by atoms with van der Waals surface area (Å²) in [7, 11) is 0. The van der Waals surface area contributed by atoms with Crippen molar-refractivity contribution in [2.75, 3.05) is 11.9 Å². The van der Waals surface area contributed by atoms with Crippen molar-refractivity contribution < 1.29 is 9.84 Å². The molecule has 2 rings (SSSR count). The second-order valence-electron chi connectivity index (χ2n) is 4.91. The molecular weight excluding hydrogens is 262 g/mol. The van der Waals surface area contributed by atoms with Gasteiger partial charge in [-0.1, -0.05) is 24.1 Å². The van der Waals surface area contributed by atoms with Gasteiger partial charge in [0, 0.05) is 17.8 Å². The van der Waals surface area contributed by atoms with E-state index in [4.69, 9.17) is 11.2 Å². The summed E-state index contributed by atoms with van der Waals surface area (Å²) in [6, 6.07) is 11.5. The maximum Gasteiger partial charge on any atom is 0.148 e. The summed E-state index contributed by atoms with van der Waals surface area (Å²) in [5.41, 5.74) is 3.88. The van der Waals surface area contributed by atoms with Gasteiger partial charge in [-0.05, 0) is 43.2 Å². The fourth-order valence-corrected chi connectivity index (χ4v) is 2.09. The van der Waals surface area contributed by atoms with Crippen LogP contribution in [0, 0.1) is 26.2 Å². The predicted molar refractivity (Wildman–Crippen MR) is 85.7 cm³/mol. The lowest BCUT2D eigenvalue weighted by atomic mass is 10.1. The quantitative estimate of drug-likeness (QED) is 0.649. The van der Waals surface area contributed by atoms with Gasteiger partial charge < -0.3 is 15.2 Å². The number of para-hydroxylation sites is 1. The Morgan fingerprint density at radius 1 is 1.19 bits per heavy atom. The van der Waals surface area contributed by atoms with Gasteiger partial charge in [0.05, 0.1) is 0 Å². The molecule has 0 amide bonds. The van der Waals surface area contributed by atoms with Crippen molar-refractivity contribution in [2.24, 2.45) is 0 Å². The molecule has 108 valence electrons. The third-order valence-electron chi connectivity index (χ3n) is 3.30. The number of nitrogens with one attached hydrogen (secondary N) is 1. The molecule has 2 aromatic rings. The van der Waals surface area contributed by atoms with Gasteiger partial charge in [-0.3, -0.25) is 0 Å². The van der Waals surface area contributed by atoms with E-state index in [-0.39, 0.29) is 6.61 Å². The molecule has 0 bridgehead atoms. The number of hydrogen-bond acceptors (Lipinski definition) is 3. The molecule has 0 spiro atoms. The number of rotatable bonds is 5. The van der Waals surface area contributed by atoms with Crippen LogP contribution in [0.1, 0.15) is 16.7 Å². The van der Waals surface area contributed by atoms with Crippen molar-refractivity contribution in [2.45, 2.75) is 20.4 Å². The number of phenols is 1. The van der Waals surface area contributed by atoms with Gasteiger partial charge in [0.1, 0.15) is 18.1 Å². The van der Waals surface area contributed by atoms with E-state index in [0.29, 0.717) is 12.3 Å². The Morgan fingerprint density at radius 2 is 1.95 bits per heavy atom. The van der Waals surface area contributed by atoms with E-state index in [1.165, 1.54) is 0 Å². The first-order chi connectivity index (χ1) is 10.1. The first-order valence-corrected chi connectivity index (χ1v) is 6.80. The first-order valence-electron chi connectivity index (χ1n) is 6.80. The Bertz CT molecular complexity index is 671. The highest BCUT2D eigenvalue weighted by Crippen LogP contribution is 2.26. The molecule has 0 aliphatic carbocycles. The standard InChI is InChI=1S/C18H19NO2/c1-4-9-21-18-8-6-5-7-15(18)12-19-16-10-14(3)17(20)11-13(16)2/h1,5-8,10-11,19-20H,9,12H2,2-3H3. The molecule has 0 saturated heterocycles. The van der Waals surface area contributed by atoms with Crippen LogP contribution < -0.4 is 10.1 Å². The number of anilines is 1. The maximum atomic E-state index is 9.68. The van der Waals surface area contributed by atoms with Crippen molar-refractivity contribution in [3.8, 4) is 23.8 Å². The number of aryl methyl sites for hydroxylation is 2. The molecule has 0 fully saturated rings. The van der Waals surface area contributed by atoms with Crippen LogP contribution in [-0.2, 0) is 6.54 Å². The molecular formula is C18H19NO2. The number of ether oxygens (including phenoxy) is 1. The highest BCUT2D eigenvalue weighted by molar-refractivity contribution is 5.57. The maximum absolute atomic E-state index is 9.68. The van der Waals surface area contributed by atoms with E-state index in [9.17, 15) is 5.11 Å². The Kier molecular flexibility index (Phi) is 4.73. The second-order valence-corrected chi connectivity index (χ2v) is 4.91. The van der Waals surface area contributed by atoms with Crippen LogP contribution >= 0.6 is 0 Å². The topological polar surface area (TPSA) is 41.5 Å². The Balaban J connectivity index is 2.13. The van der Waals surface area contributed by atoms with Gasteiger partial charge in [-0.25, -0.2) is 0 Å². The van der Waals surface area contributed by atoms with Crippen LogP contribution in [0.25, 0.3) is 0 Å². The second kappa shape index (κ2) is 6.71. The number of terminal acetylenes is 1. The van der Waals surface area contributed by atoms with Crippen LogP contribution in [0.3, 0.4) is 0 Å². The molecule has 3 heteroatoms. The fourth-order valence-electron chi connectivity index (χ4n) is 2.09. The van der Waals surface area contributed by atoms with Crippen molar-refractivity contribution >= 4 is 5.69 Å². The van der Waals surface area contributed by atoms with Gasteiger partial charge in [-0.15, -0.1) is 6.42 Å². The van der Waals surface area contributed by atoms with Crippen molar-refractivity contribution in [3.63, 3.8) is 0 Å². The SMILES string of the molecule is C#CCOc1ccccc1CNc1cc(C)c(O)cc1C. The normalized spacial score (nSPS) is 9.95. The van der Waals surface area contributed by atoms with Crippen molar-refractivity contribution in [3.05, 3.63) is 53.1 Å². The van der Waals surface area contributed by atoms with Crippen molar-refractivity contribution in [1.82, 2.24) is 0 Å². The Morgan fingerprint density at radius 3 is 2.71 bits per heavy atom.